The van der Waals surface area contributed by atoms with Crippen LogP contribution in [0.2, 0.25) is 0 Å². The van der Waals surface area contributed by atoms with Crippen molar-refractivity contribution < 1.29 is 9.53 Å². The Morgan fingerprint density at radius 2 is 2.09 bits per heavy atom. The first-order chi connectivity index (χ1) is 11.2. The molecule has 2 aromatic rings. The second-order valence-electron chi connectivity index (χ2n) is 6.20. The topological polar surface area (TPSA) is 57.2 Å². The first-order valence-corrected chi connectivity index (χ1v) is 9.06. The third-order valence-electron chi connectivity index (χ3n) is 4.83. The van der Waals surface area contributed by atoms with Crippen LogP contribution in [0.3, 0.4) is 0 Å². The Labute approximate surface area is 145 Å². The van der Waals surface area contributed by atoms with E-state index < -0.39 is 0 Å². The van der Waals surface area contributed by atoms with Gasteiger partial charge in [-0.15, -0.1) is 0 Å². The molecule has 1 aromatic heterocycles. The summed E-state index contributed by atoms with van der Waals surface area (Å²) in [5.41, 5.74) is 8.82. The zero-order valence-corrected chi connectivity index (χ0v) is 15.1. The van der Waals surface area contributed by atoms with Crippen LogP contribution in [0, 0.1) is 0 Å². The van der Waals surface area contributed by atoms with E-state index in [9.17, 15) is 4.79 Å². The molecule has 1 heterocycles. The van der Waals surface area contributed by atoms with E-state index >= 15 is 0 Å². The van der Waals surface area contributed by atoms with Gasteiger partial charge in [-0.3, -0.25) is 0 Å². The van der Waals surface area contributed by atoms with Crippen LogP contribution in [0.4, 0.5) is 0 Å². The second-order valence-corrected chi connectivity index (χ2v) is 6.95. The lowest BCUT2D eigenvalue weighted by Crippen LogP contribution is -2.11. The van der Waals surface area contributed by atoms with Crippen molar-refractivity contribution in [3.05, 3.63) is 33.9 Å². The van der Waals surface area contributed by atoms with Crippen molar-refractivity contribution in [2.45, 2.75) is 44.6 Å². The van der Waals surface area contributed by atoms with E-state index in [1.54, 1.807) is 0 Å². The molecule has 0 unspecified atom stereocenters. The zero-order chi connectivity index (χ0) is 16.4. The van der Waals surface area contributed by atoms with Crippen molar-refractivity contribution in [3.8, 4) is 0 Å². The lowest BCUT2D eigenvalue weighted by atomic mass is 9.84. The number of carbonyl (C=O) groups excluding carboxylic acids is 1. The molecule has 0 saturated heterocycles. The van der Waals surface area contributed by atoms with Gasteiger partial charge in [0, 0.05) is 18.5 Å². The fraction of sp³-hybridized carbons (Fsp3) is 0.500. The standard InChI is InChI=1S/C18H23BrN2O2/c1-23-18(22)13-7-8-14-15(11-13)21(10-9-20)17(19)16(14)12-5-3-2-4-6-12/h7-8,11-12H,2-6,9-10,20H2,1H3. The fourth-order valence-corrected chi connectivity index (χ4v) is 4.62. The summed E-state index contributed by atoms with van der Waals surface area (Å²) < 4.78 is 8.16. The van der Waals surface area contributed by atoms with Gasteiger partial charge in [-0.1, -0.05) is 25.3 Å². The summed E-state index contributed by atoms with van der Waals surface area (Å²) in [5.74, 6) is 0.284. The lowest BCUT2D eigenvalue weighted by molar-refractivity contribution is 0.0601. The molecule has 4 nitrogen and oxygen atoms in total. The molecule has 0 aliphatic heterocycles. The summed E-state index contributed by atoms with van der Waals surface area (Å²) in [4.78, 5) is 11.9. The van der Waals surface area contributed by atoms with Gasteiger partial charge < -0.3 is 15.0 Å². The highest BCUT2D eigenvalue weighted by Crippen LogP contribution is 2.42. The van der Waals surface area contributed by atoms with Crippen molar-refractivity contribution in [1.82, 2.24) is 4.57 Å². The van der Waals surface area contributed by atoms with Gasteiger partial charge in [0.1, 0.15) is 0 Å². The smallest absolute Gasteiger partial charge is 0.337 e. The average Bonchev–Trinajstić information content (AvgIpc) is 2.87. The number of nitrogens with two attached hydrogens (primary N) is 1. The molecule has 0 amide bonds. The number of hydrogen-bond donors (Lipinski definition) is 1. The lowest BCUT2D eigenvalue weighted by Gasteiger charge is -2.22. The molecular formula is C18H23BrN2O2. The summed E-state index contributed by atoms with van der Waals surface area (Å²) in [6.45, 7) is 1.30. The van der Waals surface area contributed by atoms with Crippen molar-refractivity contribution >= 4 is 32.8 Å². The summed E-state index contributed by atoms with van der Waals surface area (Å²) in [6.07, 6.45) is 6.39. The number of ether oxygens (including phenoxy) is 1. The highest BCUT2D eigenvalue weighted by atomic mass is 79.9. The normalized spacial score (nSPS) is 16.0. The van der Waals surface area contributed by atoms with Crippen LogP contribution in [-0.2, 0) is 11.3 Å². The SMILES string of the molecule is COC(=O)c1ccc2c(C3CCCCC3)c(Br)n(CCN)c2c1. The molecule has 0 radical (unpaired) electrons. The molecule has 0 spiro atoms. The number of rotatable bonds is 4. The zero-order valence-electron chi connectivity index (χ0n) is 13.5. The maximum Gasteiger partial charge on any atom is 0.337 e. The van der Waals surface area contributed by atoms with E-state index in [2.05, 4.69) is 26.6 Å². The molecule has 1 aliphatic carbocycles. The van der Waals surface area contributed by atoms with E-state index in [1.807, 2.05) is 12.1 Å². The predicted molar refractivity (Wildman–Crippen MR) is 95.9 cm³/mol. The second kappa shape index (κ2) is 7.05. The minimum absolute atomic E-state index is 0.303. The quantitative estimate of drug-likeness (QED) is 0.811. The highest BCUT2D eigenvalue weighted by Gasteiger charge is 2.25. The molecular weight excluding hydrogens is 356 g/mol. The van der Waals surface area contributed by atoms with Gasteiger partial charge in [0.05, 0.1) is 22.8 Å². The molecule has 0 atom stereocenters. The number of benzene rings is 1. The summed E-state index contributed by atoms with van der Waals surface area (Å²) in [7, 11) is 1.41. The minimum Gasteiger partial charge on any atom is -0.465 e. The Hall–Kier alpha value is -1.33. The fourth-order valence-electron chi connectivity index (χ4n) is 3.72. The van der Waals surface area contributed by atoms with E-state index in [0.29, 0.717) is 18.0 Å². The third kappa shape index (κ3) is 3.04. The van der Waals surface area contributed by atoms with Crippen molar-refractivity contribution in [1.29, 1.82) is 0 Å². The number of nitrogens with zero attached hydrogens (tertiary/aromatic N) is 1. The van der Waals surface area contributed by atoms with E-state index in [1.165, 1.54) is 50.2 Å². The molecule has 1 fully saturated rings. The molecule has 1 saturated carbocycles. The van der Waals surface area contributed by atoms with Crippen LogP contribution >= 0.6 is 15.9 Å². The van der Waals surface area contributed by atoms with E-state index in [0.717, 1.165) is 16.7 Å². The van der Waals surface area contributed by atoms with Crippen LogP contribution in [-0.4, -0.2) is 24.2 Å². The summed E-state index contributed by atoms with van der Waals surface area (Å²) in [6, 6.07) is 5.84. The molecule has 5 heteroatoms. The highest BCUT2D eigenvalue weighted by molar-refractivity contribution is 9.10. The molecule has 2 N–H and O–H groups in total. The van der Waals surface area contributed by atoms with E-state index in [4.69, 9.17) is 10.5 Å². The Bertz CT molecular complexity index is 717. The van der Waals surface area contributed by atoms with Gasteiger partial charge in [-0.2, -0.15) is 0 Å². The monoisotopic (exact) mass is 378 g/mol. The summed E-state index contributed by atoms with van der Waals surface area (Å²) in [5, 5.41) is 1.23. The van der Waals surface area contributed by atoms with Crippen molar-refractivity contribution in [3.63, 3.8) is 0 Å². The molecule has 1 aromatic carbocycles. The first-order valence-electron chi connectivity index (χ1n) is 8.27. The Morgan fingerprint density at radius 3 is 2.74 bits per heavy atom. The maximum absolute atomic E-state index is 11.9. The van der Waals surface area contributed by atoms with Gasteiger partial charge in [0.2, 0.25) is 0 Å². The maximum atomic E-state index is 11.9. The molecule has 0 bridgehead atoms. The van der Waals surface area contributed by atoms with Crippen LogP contribution in [0.15, 0.2) is 22.8 Å². The van der Waals surface area contributed by atoms with Gasteiger partial charge >= 0.3 is 5.97 Å². The Balaban J connectivity index is 2.16. The predicted octanol–water partition coefficient (Wildman–Crippen LogP) is 4.20. The number of methoxy groups -OCH3 is 1. The number of hydrogen-bond acceptors (Lipinski definition) is 3. The number of carbonyl (C=O) groups is 1. The van der Waals surface area contributed by atoms with Crippen LogP contribution < -0.4 is 5.73 Å². The average molecular weight is 379 g/mol. The number of esters is 1. The number of fused-ring (bicyclic) bond motifs is 1. The van der Waals surface area contributed by atoms with Gasteiger partial charge in [-0.05, 0) is 52.4 Å². The van der Waals surface area contributed by atoms with Crippen molar-refractivity contribution in [2.24, 2.45) is 5.73 Å². The Morgan fingerprint density at radius 1 is 1.35 bits per heavy atom. The van der Waals surface area contributed by atoms with Crippen LogP contribution in [0.1, 0.15) is 53.9 Å². The first kappa shape index (κ1) is 16.5. The molecule has 3 rings (SSSR count). The van der Waals surface area contributed by atoms with Crippen LogP contribution in [0.5, 0.6) is 0 Å². The number of aromatic nitrogens is 1. The van der Waals surface area contributed by atoms with Crippen molar-refractivity contribution in [2.75, 3.05) is 13.7 Å². The molecule has 124 valence electrons. The minimum atomic E-state index is -0.303. The molecule has 23 heavy (non-hydrogen) atoms. The molecule has 1 aliphatic rings. The van der Waals surface area contributed by atoms with E-state index in [-0.39, 0.29) is 5.97 Å². The van der Waals surface area contributed by atoms with Gasteiger partial charge in [0.15, 0.2) is 0 Å². The summed E-state index contributed by atoms with van der Waals surface area (Å²) >= 11 is 3.80. The largest absolute Gasteiger partial charge is 0.465 e. The Kier molecular flexibility index (Phi) is 5.07. The van der Waals surface area contributed by atoms with Crippen LogP contribution in [0.25, 0.3) is 10.9 Å². The van der Waals surface area contributed by atoms with Gasteiger partial charge in [0.25, 0.3) is 0 Å². The number of halogens is 1. The van der Waals surface area contributed by atoms with Gasteiger partial charge in [-0.25, -0.2) is 4.79 Å². The third-order valence-corrected chi connectivity index (χ3v) is 5.68.